The lowest BCUT2D eigenvalue weighted by Gasteiger charge is -2.15. The van der Waals surface area contributed by atoms with Gasteiger partial charge in [0.15, 0.2) is 0 Å². The van der Waals surface area contributed by atoms with Crippen LogP contribution >= 0.6 is 0 Å². The lowest BCUT2D eigenvalue weighted by atomic mass is 10.0. The quantitative estimate of drug-likeness (QED) is 0.443. The molecule has 0 bridgehead atoms. The highest BCUT2D eigenvalue weighted by Crippen LogP contribution is 2.28. The number of aromatic nitrogens is 1. The van der Waals surface area contributed by atoms with Crippen LogP contribution in [-0.4, -0.2) is 39.4 Å². The third-order valence-corrected chi connectivity index (χ3v) is 3.85. The molecule has 130 valence electrons. The number of aliphatic hydroxyl groups is 1. The number of aliphatic carboxylic acids is 1. The zero-order valence-electron chi connectivity index (χ0n) is 13.3. The molecular formula is C17H22N2O5. The van der Waals surface area contributed by atoms with Gasteiger partial charge in [0.1, 0.15) is 5.75 Å². The van der Waals surface area contributed by atoms with Gasteiger partial charge in [0, 0.05) is 24.4 Å². The number of phenols is 1. The first-order valence-corrected chi connectivity index (χ1v) is 7.94. The van der Waals surface area contributed by atoms with E-state index in [2.05, 4.69) is 10.3 Å². The van der Waals surface area contributed by atoms with Gasteiger partial charge >= 0.3 is 5.97 Å². The maximum Gasteiger partial charge on any atom is 0.303 e. The van der Waals surface area contributed by atoms with E-state index in [1.165, 1.54) is 12.1 Å². The minimum absolute atomic E-state index is 0.0370. The van der Waals surface area contributed by atoms with Crippen LogP contribution in [0.25, 0.3) is 10.9 Å². The molecule has 0 aliphatic rings. The Morgan fingerprint density at radius 2 is 1.96 bits per heavy atom. The topological polar surface area (TPSA) is 123 Å². The fraction of sp³-hybridized carbons (Fsp3) is 0.412. The molecule has 2 rings (SSSR count). The number of hydrogen-bond acceptors (Lipinski definition) is 5. The molecule has 2 aromatic rings. The third-order valence-electron chi connectivity index (χ3n) is 3.85. The molecule has 0 aliphatic heterocycles. The van der Waals surface area contributed by atoms with Gasteiger partial charge in [-0.2, -0.15) is 0 Å². The summed E-state index contributed by atoms with van der Waals surface area (Å²) in [4.78, 5) is 24.3. The van der Waals surface area contributed by atoms with Crippen LogP contribution in [0, 0.1) is 0 Å². The van der Waals surface area contributed by atoms with E-state index in [9.17, 15) is 19.8 Å². The lowest BCUT2D eigenvalue weighted by molar-refractivity contribution is -0.137. The summed E-state index contributed by atoms with van der Waals surface area (Å²) < 4.78 is 0. The Bertz CT molecular complexity index is 756. The number of hydrogen-bond donors (Lipinski definition) is 5. The van der Waals surface area contributed by atoms with Gasteiger partial charge in [-0.25, -0.2) is 0 Å². The monoisotopic (exact) mass is 334 g/mol. The maximum atomic E-state index is 11.4. The molecule has 5 N–H and O–H groups in total. The van der Waals surface area contributed by atoms with Crippen molar-refractivity contribution in [1.82, 2.24) is 10.3 Å². The van der Waals surface area contributed by atoms with Crippen molar-refractivity contribution in [2.45, 2.75) is 31.8 Å². The van der Waals surface area contributed by atoms with E-state index in [-0.39, 0.29) is 17.7 Å². The Morgan fingerprint density at radius 3 is 2.71 bits per heavy atom. The summed E-state index contributed by atoms with van der Waals surface area (Å²) in [7, 11) is 0. The number of phenolic OH excluding ortho intramolecular Hbond substituents is 1. The molecule has 7 nitrogen and oxygen atoms in total. The van der Waals surface area contributed by atoms with Gasteiger partial charge < -0.3 is 25.6 Å². The van der Waals surface area contributed by atoms with Crippen LogP contribution < -0.4 is 10.9 Å². The first-order valence-electron chi connectivity index (χ1n) is 7.94. The van der Waals surface area contributed by atoms with E-state index in [1.807, 2.05) is 0 Å². The Hall–Kier alpha value is -2.38. The highest BCUT2D eigenvalue weighted by atomic mass is 16.4. The molecule has 1 aromatic heterocycles. The predicted octanol–water partition coefficient (Wildman–Crippen LogP) is 1.50. The summed E-state index contributed by atoms with van der Waals surface area (Å²) in [5.74, 6) is -0.819. The fourth-order valence-electron chi connectivity index (χ4n) is 2.60. The first-order chi connectivity index (χ1) is 11.5. The number of carbonyl (C=O) groups is 1. The summed E-state index contributed by atoms with van der Waals surface area (Å²) in [6.45, 7) is 1.02. The number of rotatable bonds is 9. The van der Waals surface area contributed by atoms with Crippen molar-refractivity contribution in [2.24, 2.45) is 0 Å². The van der Waals surface area contributed by atoms with Gasteiger partial charge in [-0.3, -0.25) is 9.59 Å². The van der Waals surface area contributed by atoms with Crippen molar-refractivity contribution < 1.29 is 20.1 Å². The molecule has 1 unspecified atom stereocenters. The third kappa shape index (κ3) is 4.81. The van der Waals surface area contributed by atoms with Crippen molar-refractivity contribution in [3.8, 4) is 5.75 Å². The Labute approximate surface area is 139 Å². The molecule has 1 heterocycles. The average molecular weight is 334 g/mol. The Balaban J connectivity index is 1.90. The molecule has 0 saturated heterocycles. The summed E-state index contributed by atoms with van der Waals surface area (Å²) >= 11 is 0. The van der Waals surface area contributed by atoms with Crippen molar-refractivity contribution in [2.75, 3.05) is 13.1 Å². The number of benzene rings is 1. The van der Waals surface area contributed by atoms with Crippen LogP contribution in [0.4, 0.5) is 0 Å². The molecule has 1 atom stereocenters. The number of aliphatic hydroxyl groups excluding tert-OH is 1. The van der Waals surface area contributed by atoms with Gasteiger partial charge in [-0.05, 0) is 37.1 Å². The fourth-order valence-corrected chi connectivity index (χ4v) is 2.60. The maximum absolute atomic E-state index is 11.4. The minimum Gasteiger partial charge on any atom is -0.506 e. The van der Waals surface area contributed by atoms with Gasteiger partial charge in [-0.1, -0.05) is 12.5 Å². The average Bonchev–Trinajstić information content (AvgIpc) is 2.54. The van der Waals surface area contributed by atoms with Crippen LogP contribution in [0.15, 0.2) is 29.1 Å². The van der Waals surface area contributed by atoms with Gasteiger partial charge in [0.25, 0.3) is 0 Å². The van der Waals surface area contributed by atoms with Crippen molar-refractivity contribution >= 4 is 16.9 Å². The second-order valence-electron chi connectivity index (χ2n) is 5.71. The van der Waals surface area contributed by atoms with Gasteiger partial charge in [0.2, 0.25) is 5.56 Å². The second kappa shape index (κ2) is 8.47. The van der Waals surface area contributed by atoms with Crippen molar-refractivity contribution in [1.29, 1.82) is 0 Å². The number of unbranched alkanes of at least 4 members (excludes halogenated alkanes) is 2. The van der Waals surface area contributed by atoms with E-state index in [1.54, 1.807) is 12.1 Å². The number of aromatic hydroxyl groups is 1. The summed E-state index contributed by atoms with van der Waals surface area (Å²) in [6.07, 6.45) is 1.70. The number of pyridine rings is 1. The van der Waals surface area contributed by atoms with E-state index in [0.29, 0.717) is 36.0 Å². The van der Waals surface area contributed by atoms with Crippen LogP contribution in [0.3, 0.4) is 0 Å². The van der Waals surface area contributed by atoms with Crippen molar-refractivity contribution in [3.63, 3.8) is 0 Å². The summed E-state index contributed by atoms with van der Waals surface area (Å²) in [6, 6.07) is 6.02. The number of nitrogens with one attached hydrogen (secondary N) is 2. The Morgan fingerprint density at radius 1 is 1.17 bits per heavy atom. The highest BCUT2D eigenvalue weighted by Gasteiger charge is 2.13. The predicted molar refractivity (Wildman–Crippen MR) is 90.2 cm³/mol. The molecular weight excluding hydrogens is 312 g/mol. The summed E-state index contributed by atoms with van der Waals surface area (Å²) in [5.41, 5.74) is 0.620. The number of H-pyrrole nitrogens is 1. The van der Waals surface area contributed by atoms with E-state index < -0.39 is 12.1 Å². The lowest BCUT2D eigenvalue weighted by Crippen LogP contribution is -2.22. The molecule has 0 spiro atoms. The molecule has 0 fully saturated rings. The van der Waals surface area contributed by atoms with Crippen LogP contribution in [-0.2, 0) is 4.79 Å². The largest absolute Gasteiger partial charge is 0.506 e. The molecule has 0 radical (unpaired) electrons. The van der Waals surface area contributed by atoms with Gasteiger partial charge in [-0.15, -0.1) is 0 Å². The zero-order valence-corrected chi connectivity index (χ0v) is 13.3. The van der Waals surface area contributed by atoms with Crippen LogP contribution in [0.2, 0.25) is 0 Å². The minimum atomic E-state index is -0.782. The number of fused-ring (bicyclic) bond motifs is 1. The number of carboxylic acid groups (broad SMARTS) is 1. The standard InChI is InChI=1S/C17H22N2O5/c20-13-7-5-11(12-6-8-15(22)19-17(12)13)14(21)10-18-9-3-1-2-4-16(23)24/h5-8,14,18,20-21H,1-4,9-10H2,(H,19,22)(H,23,24). The van der Waals surface area contributed by atoms with E-state index in [4.69, 9.17) is 5.11 Å². The molecule has 24 heavy (non-hydrogen) atoms. The smallest absolute Gasteiger partial charge is 0.303 e. The second-order valence-corrected chi connectivity index (χ2v) is 5.71. The number of carboxylic acids is 1. The highest BCUT2D eigenvalue weighted by molar-refractivity contribution is 5.87. The summed E-state index contributed by atoms with van der Waals surface area (Å²) in [5, 5.41) is 32.5. The molecule has 0 amide bonds. The van der Waals surface area contributed by atoms with Gasteiger partial charge in [0.05, 0.1) is 11.6 Å². The van der Waals surface area contributed by atoms with Crippen molar-refractivity contribution in [3.05, 3.63) is 40.2 Å². The SMILES string of the molecule is O=C(O)CCCCCNCC(O)c1ccc(O)c2[nH]c(=O)ccc12. The first kappa shape index (κ1) is 18.0. The van der Waals surface area contributed by atoms with E-state index in [0.717, 1.165) is 12.8 Å². The molecule has 7 heteroatoms. The zero-order chi connectivity index (χ0) is 17.5. The van der Waals surface area contributed by atoms with E-state index >= 15 is 0 Å². The molecule has 0 aliphatic carbocycles. The number of aromatic amines is 1. The van der Waals surface area contributed by atoms with Crippen LogP contribution in [0.1, 0.15) is 37.4 Å². The van der Waals surface area contributed by atoms with Crippen LogP contribution in [0.5, 0.6) is 5.75 Å². The normalized spacial score (nSPS) is 12.4. The molecule has 0 saturated carbocycles. The molecule has 1 aromatic carbocycles. The Kier molecular flexibility index (Phi) is 6.34.